The molecule has 0 spiro atoms. The van der Waals surface area contributed by atoms with Crippen molar-refractivity contribution >= 4 is 34.2 Å². The molecule has 2 aromatic rings. The molecule has 1 atom stereocenters. The Morgan fingerprint density at radius 2 is 1.66 bits per heavy atom. The number of ether oxygens (including phenoxy) is 4. The van der Waals surface area contributed by atoms with Gasteiger partial charge in [-0.15, -0.1) is 11.3 Å². The van der Waals surface area contributed by atoms with E-state index < -0.39 is 23.8 Å². The molecule has 1 unspecified atom stereocenters. The van der Waals surface area contributed by atoms with Crippen LogP contribution in [0.25, 0.3) is 0 Å². The van der Waals surface area contributed by atoms with E-state index in [4.69, 9.17) is 18.9 Å². The van der Waals surface area contributed by atoms with Gasteiger partial charge in [-0.2, -0.15) is 0 Å². The number of esters is 2. The summed E-state index contributed by atoms with van der Waals surface area (Å²) in [4.78, 5) is 38.3. The Balaban J connectivity index is 1.99. The van der Waals surface area contributed by atoms with Crippen LogP contribution in [0.4, 0.5) is 5.00 Å². The number of nitrogens with one attached hydrogen (secondary N) is 1. The smallest absolute Gasteiger partial charge is 0.341 e. The molecule has 0 fully saturated rings. The molecule has 1 amide bonds. The predicted molar refractivity (Wildman–Crippen MR) is 106 cm³/mol. The number of hydrogen-bond donors (Lipinski definition) is 1. The second kappa shape index (κ2) is 8.52. The Morgan fingerprint density at radius 1 is 1.00 bits per heavy atom. The zero-order valence-electron chi connectivity index (χ0n) is 16.5. The van der Waals surface area contributed by atoms with Crippen LogP contribution in [0.15, 0.2) is 18.2 Å². The minimum absolute atomic E-state index is 0.198. The molecule has 1 N–H and O–H groups in total. The molecule has 1 aliphatic rings. The monoisotopic (exact) mass is 419 g/mol. The molecule has 8 nitrogen and oxygen atoms in total. The molecule has 3 rings (SSSR count). The van der Waals surface area contributed by atoms with Crippen LogP contribution in [0.3, 0.4) is 0 Å². The van der Waals surface area contributed by atoms with Gasteiger partial charge in [-0.3, -0.25) is 9.59 Å². The molecule has 29 heavy (non-hydrogen) atoms. The maximum absolute atomic E-state index is 12.9. The Labute approximate surface area is 171 Å². The first-order valence-electron chi connectivity index (χ1n) is 8.79. The van der Waals surface area contributed by atoms with Gasteiger partial charge in [-0.1, -0.05) is 0 Å². The van der Waals surface area contributed by atoms with E-state index in [1.165, 1.54) is 39.8 Å². The zero-order chi connectivity index (χ0) is 21.1. The lowest BCUT2D eigenvalue weighted by molar-refractivity contribution is -0.142. The number of methoxy groups -OCH3 is 4. The van der Waals surface area contributed by atoms with Crippen molar-refractivity contribution in [1.82, 2.24) is 0 Å². The van der Waals surface area contributed by atoms with Gasteiger partial charge in [-0.25, -0.2) is 4.79 Å². The van der Waals surface area contributed by atoms with Crippen LogP contribution in [0.5, 0.6) is 11.5 Å². The number of fused-ring (bicyclic) bond motifs is 1. The van der Waals surface area contributed by atoms with Crippen LogP contribution >= 0.6 is 11.3 Å². The minimum atomic E-state index is -0.614. The van der Waals surface area contributed by atoms with E-state index in [-0.39, 0.29) is 5.56 Å². The number of hydrogen-bond acceptors (Lipinski definition) is 8. The summed E-state index contributed by atoms with van der Waals surface area (Å²) in [6, 6.07) is 4.78. The van der Waals surface area contributed by atoms with E-state index in [9.17, 15) is 14.4 Å². The molecule has 1 aromatic heterocycles. The van der Waals surface area contributed by atoms with E-state index in [1.54, 1.807) is 18.2 Å². The van der Waals surface area contributed by atoms with Crippen molar-refractivity contribution in [1.29, 1.82) is 0 Å². The summed E-state index contributed by atoms with van der Waals surface area (Å²) in [6.45, 7) is 0. The summed E-state index contributed by atoms with van der Waals surface area (Å²) in [5.74, 6) is -1.10. The lowest BCUT2D eigenvalue weighted by Crippen LogP contribution is -2.17. The molecule has 0 bridgehead atoms. The largest absolute Gasteiger partial charge is 0.497 e. The Morgan fingerprint density at radius 3 is 2.21 bits per heavy atom. The maximum Gasteiger partial charge on any atom is 0.341 e. The first-order chi connectivity index (χ1) is 13.9. The maximum atomic E-state index is 12.9. The van der Waals surface area contributed by atoms with Crippen LogP contribution in [0.2, 0.25) is 0 Å². The normalized spacial score (nSPS) is 14.7. The summed E-state index contributed by atoms with van der Waals surface area (Å²) < 4.78 is 20.2. The fourth-order valence-electron chi connectivity index (χ4n) is 3.35. The van der Waals surface area contributed by atoms with Crippen LogP contribution in [0.1, 0.15) is 43.5 Å². The molecule has 1 aromatic carbocycles. The number of aryl methyl sites for hydroxylation is 1. The predicted octanol–water partition coefficient (Wildman–Crippen LogP) is 3.01. The average molecular weight is 419 g/mol. The second-order valence-corrected chi connectivity index (χ2v) is 7.41. The highest BCUT2D eigenvalue weighted by molar-refractivity contribution is 7.17. The summed E-state index contributed by atoms with van der Waals surface area (Å²) in [6.07, 6.45) is 1.17. The van der Waals surface area contributed by atoms with Crippen LogP contribution in [-0.2, 0) is 20.7 Å². The highest BCUT2D eigenvalue weighted by atomic mass is 32.1. The van der Waals surface area contributed by atoms with Crippen LogP contribution in [0, 0.1) is 0 Å². The average Bonchev–Trinajstić information content (AvgIpc) is 3.30. The Kier molecular flexibility index (Phi) is 6.07. The zero-order valence-corrected chi connectivity index (χ0v) is 17.3. The molecule has 9 heteroatoms. The first kappa shape index (κ1) is 20.7. The van der Waals surface area contributed by atoms with Crippen molar-refractivity contribution in [3.63, 3.8) is 0 Å². The van der Waals surface area contributed by atoms with Gasteiger partial charge >= 0.3 is 11.9 Å². The topological polar surface area (TPSA) is 100 Å². The molecule has 1 aliphatic carbocycles. The molecule has 0 saturated carbocycles. The highest BCUT2D eigenvalue weighted by Gasteiger charge is 2.38. The third-order valence-corrected chi connectivity index (χ3v) is 5.93. The van der Waals surface area contributed by atoms with Gasteiger partial charge in [0, 0.05) is 16.5 Å². The number of carbonyl (C=O) groups excluding carboxylic acids is 3. The lowest BCUT2D eigenvalue weighted by atomic mass is 9.99. The van der Waals surface area contributed by atoms with Crippen LogP contribution < -0.4 is 14.8 Å². The van der Waals surface area contributed by atoms with Gasteiger partial charge in [0.25, 0.3) is 5.91 Å². The molecule has 0 aliphatic heterocycles. The fraction of sp³-hybridized carbons (Fsp3) is 0.350. The van der Waals surface area contributed by atoms with E-state index in [0.29, 0.717) is 40.5 Å². The van der Waals surface area contributed by atoms with Crippen molar-refractivity contribution in [3.8, 4) is 11.5 Å². The van der Waals surface area contributed by atoms with Gasteiger partial charge in [0.15, 0.2) is 0 Å². The number of thiophene rings is 1. The van der Waals surface area contributed by atoms with Gasteiger partial charge < -0.3 is 24.3 Å². The fourth-order valence-corrected chi connectivity index (χ4v) is 4.61. The molecule has 154 valence electrons. The quantitative estimate of drug-likeness (QED) is 0.719. The van der Waals surface area contributed by atoms with E-state index in [0.717, 1.165) is 4.88 Å². The molecule has 1 heterocycles. The van der Waals surface area contributed by atoms with Crippen molar-refractivity contribution in [2.75, 3.05) is 33.8 Å². The van der Waals surface area contributed by atoms with Gasteiger partial charge in [0.1, 0.15) is 16.5 Å². The van der Waals surface area contributed by atoms with Crippen LogP contribution in [-0.4, -0.2) is 46.3 Å². The SMILES string of the molecule is COC(=O)c1c(NC(=O)c2cc(OC)cc(OC)c2)sc2c1C(C(=O)OC)CC2. The molecule has 0 saturated heterocycles. The number of benzene rings is 1. The summed E-state index contributed by atoms with van der Waals surface area (Å²) in [7, 11) is 5.54. The highest BCUT2D eigenvalue weighted by Crippen LogP contribution is 2.46. The van der Waals surface area contributed by atoms with E-state index >= 15 is 0 Å². The molecule has 0 radical (unpaired) electrons. The minimum Gasteiger partial charge on any atom is -0.497 e. The first-order valence-corrected chi connectivity index (χ1v) is 9.61. The van der Waals surface area contributed by atoms with Crippen molar-refractivity contribution in [3.05, 3.63) is 39.8 Å². The summed E-state index contributed by atoms with van der Waals surface area (Å²) in [5, 5.41) is 3.10. The van der Waals surface area contributed by atoms with Gasteiger partial charge in [0.05, 0.1) is 39.9 Å². The Bertz CT molecular complexity index is 944. The number of carbonyl (C=O) groups is 3. The number of anilines is 1. The summed E-state index contributed by atoms with van der Waals surface area (Å²) >= 11 is 1.26. The summed E-state index contributed by atoms with van der Waals surface area (Å²) in [5.41, 5.74) is 1.07. The van der Waals surface area contributed by atoms with Crippen molar-refractivity contribution in [2.45, 2.75) is 18.8 Å². The number of rotatable bonds is 6. The third kappa shape index (κ3) is 3.91. The van der Waals surface area contributed by atoms with E-state index in [1.807, 2.05) is 0 Å². The molecular weight excluding hydrogens is 398 g/mol. The second-order valence-electron chi connectivity index (χ2n) is 6.30. The Hall–Kier alpha value is -3.07. The molecular formula is C20H21NO7S. The van der Waals surface area contributed by atoms with Gasteiger partial charge in [-0.05, 0) is 30.5 Å². The van der Waals surface area contributed by atoms with Crippen molar-refractivity contribution in [2.24, 2.45) is 0 Å². The van der Waals surface area contributed by atoms with E-state index in [2.05, 4.69) is 5.32 Å². The van der Waals surface area contributed by atoms with Gasteiger partial charge in [0.2, 0.25) is 0 Å². The number of amides is 1. The van der Waals surface area contributed by atoms with Crippen molar-refractivity contribution < 1.29 is 33.3 Å². The third-order valence-electron chi connectivity index (χ3n) is 4.75. The lowest BCUT2D eigenvalue weighted by Gasteiger charge is -2.12. The standard InChI is InChI=1S/C20H21NO7S/c1-25-11-7-10(8-12(9-11)26-2)17(22)21-18-16(20(24)28-4)15-13(19(23)27-3)5-6-14(15)29-18/h7-9,13H,5-6H2,1-4H3,(H,21,22).